The van der Waals surface area contributed by atoms with Gasteiger partial charge in [0, 0.05) is 17.3 Å². The van der Waals surface area contributed by atoms with E-state index in [4.69, 9.17) is 19.4 Å². The summed E-state index contributed by atoms with van der Waals surface area (Å²) in [6.07, 6.45) is 4.28. The minimum atomic E-state index is -1.37. The number of nitrogens with zero attached hydrogens (tertiary/aromatic N) is 3. The summed E-state index contributed by atoms with van der Waals surface area (Å²) in [6.45, 7) is 5.25. The maximum absolute atomic E-state index is 14.4. The van der Waals surface area contributed by atoms with E-state index in [-0.39, 0.29) is 24.8 Å². The Morgan fingerprint density at radius 3 is 2.38 bits per heavy atom. The van der Waals surface area contributed by atoms with Crippen molar-refractivity contribution in [2.24, 2.45) is 5.92 Å². The fourth-order valence-corrected chi connectivity index (χ4v) is 7.60. The van der Waals surface area contributed by atoms with Crippen LogP contribution in [-0.2, 0) is 19.1 Å². The van der Waals surface area contributed by atoms with E-state index in [1.54, 1.807) is 20.8 Å². The molecule has 274 valence electrons. The van der Waals surface area contributed by atoms with E-state index in [0.29, 0.717) is 48.1 Å². The van der Waals surface area contributed by atoms with Gasteiger partial charge in [0.2, 0.25) is 17.7 Å². The monoisotopic (exact) mass is 710 g/mol. The average molecular weight is 711 g/mol. The van der Waals surface area contributed by atoms with Crippen molar-refractivity contribution in [2.45, 2.75) is 108 Å². The van der Waals surface area contributed by atoms with E-state index in [9.17, 15) is 24.3 Å². The molecule has 3 amide bonds. The Kier molecular flexibility index (Phi) is 9.53. The summed E-state index contributed by atoms with van der Waals surface area (Å²) in [5, 5.41) is 16.9. The van der Waals surface area contributed by atoms with Gasteiger partial charge in [0.15, 0.2) is 0 Å². The highest BCUT2D eigenvalue weighted by Crippen LogP contribution is 2.47. The molecule has 0 bridgehead atoms. The lowest BCUT2D eigenvalue weighted by Crippen LogP contribution is -2.56. The van der Waals surface area contributed by atoms with Crippen LogP contribution in [-0.4, -0.2) is 84.7 Å². The number of aromatic nitrogens is 3. The quantitative estimate of drug-likeness (QED) is 0.202. The summed E-state index contributed by atoms with van der Waals surface area (Å²) in [5.41, 5.74) is 1.23. The van der Waals surface area contributed by atoms with E-state index in [2.05, 4.69) is 15.6 Å². The fraction of sp³-hybridized carbons (Fsp3) is 0.487. The van der Waals surface area contributed by atoms with Gasteiger partial charge in [-0.15, -0.1) is 0 Å². The first kappa shape index (κ1) is 35.2. The molecule has 2 aromatic heterocycles. The lowest BCUT2D eigenvalue weighted by Gasteiger charge is -2.30. The van der Waals surface area contributed by atoms with Gasteiger partial charge in [-0.1, -0.05) is 62.4 Å². The first-order chi connectivity index (χ1) is 24.9. The third kappa shape index (κ3) is 7.40. The van der Waals surface area contributed by atoms with Gasteiger partial charge >= 0.3 is 12.1 Å². The highest BCUT2D eigenvalue weighted by atomic mass is 16.6. The second kappa shape index (κ2) is 14.1. The molecule has 13 nitrogen and oxygen atoms in total. The Hall–Kier alpha value is -5.20. The molecule has 52 heavy (non-hydrogen) atoms. The molecule has 4 aromatic rings. The maximum Gasteiger partial charge on any atom is 0.408 e. The van der Waals surface area contributed by atoms with Crippen molar-refractivity contribution >= 4 is 45.8 Å². The third-order valence-electron chi connectivity index (χ3n) is 10.3. The van der Waals surface area contributed by atoms with Crippen molar-refractivity contribution in [1.29, 1.82) is 0 Å². The molecule has 3 fully saturated rings. The van der Waals surface area contributed by atoms with Gasteiger partial charge in [-0.3, -0.25) is 9.59 Å². The number of hydrogen-bond acceptors (Lipinski definition) is 8. The van der Waals surface area contributed by atoms with E-state index in [0.717, 1.165) is 36.6 Å². The van der Waals surface area contributed by atoms with Crippen LogP contribution >= 0.6 is 0 Å². The number of carboxylic acids is 1. The number of nitrogens with one attached hydrogen (secondary N) is 3. The number of aliphatic carboxylic acids is 1. The zero-order valence-corrected chi connectivity index (χ0v) is 29.8. The van der Waals surface area contributed by atoms with Gasteiger partial charge in [-0.25, -0.2) is 19.6 Å². The maximum atomic E-state index is 14.4. The van der Waals surface area contributed by atoms with Crippen LogP contribution in [0.3, 0.4) is 0 Å². The predicted molar refractivity (Wildman–Crippen MR) is 193 cm³/mol. The standard InChI is InChI=1S/C39H46N6O7/c1-38(2,3)52-37(50)43-29-18-8-6-4-5-7-14-24-21-39(24,36(48)49)44-33(46)31-20-25(22-45(31)35(29)47)51-34-32(41-27-16-11-12-17-28(27)42-34)30-19-23-13-9-10-15-26(23)40-30/h9-13,15-17,19,24-25,29,31,40H,4-8,14,18,20-22H2,1-3H3,(H,43,50)(H,44,46)(H,48,49)/t24?,25-,29+,31+,39?/m1/s1. The second-order valence-electron chi connectivity index (χ2n) is 15.3. The molecule has 4 N–H and O–H groups in total. The van der Waals surface area contributed by atoms with E-state index in [1.165, 1.54) is 4.90 Å². The second-order valence-corrected chi connectivity index (χ2v) is 15.3. The molecule has 2 saturated heterocycles. The van der Waals surface area contributed by atoms with Crippen LogP contribution in [0.2, 0.25) is 0 Å². The third-order valence-corrected chi connectivity index (χ3v) is 10.3. The Bertz CT molecular complexity index is 1970. The number of para-hydroxylation sites is 3. The van der Waals surface area contributed by atoms with Crippen LogP contribution in [0, 0.1) is 5.92 Å². The van der Waals surface area contributed by atoms with Gasteiger partial charge in [0.25, 0.3) is 0 Å². The molecule has 2 aromatic carbocycles. The van der Waals surface area contributed by atoms with E-state index < -0.39 is 53.2 Å². The molecular formula is C39H46N6O7. The largest absolute Gasteiger partial charge is 0.479 e. The molecule has 5 atom stereocenters. The number of hydrogen-bond donors (Lipinski definition) is 4. The SMILES string of the molecule is CC(C)(C)OC(=O)N[C@H]1CCCCCCCC2CC2(C(=O)O)NC(=O)[C@@H]2C[C@@H](Oc3nc4ccccc4nc3-c3cc4ccccc4[nH]3)CN2C1=O. The molecule has 3 aliphatic rings. The van der Waals surface area contributed by atoms with Crippen molar-refractivity contribution in [2.75, 3.05) is 6.54 Å². The summed E-state index contributed by atoms with van der Waals surface area (Å²) in [4.78, 5) is 68.7. The zero-order valence-electron chi connectivity index (χ0n) is 29.8. The summed E-state index contributed by atoms with van der Waals surface area (Å²) >= 11 is 0. The number of aromatic amines is 1. The van der Waals surface area contributed by atoms with Gasteiger partial charge < -0.3 is 35.1 Å². The lowest BCUT2D eigenvalue weighted by molar-refractivity contribution is -0.146. The van der Waals surface area contributed by atoms with Crippen molar-refractivity contribution in [1.82, 2.24) is 30.5 Å². The number of benzene rings is 2. The van der Waals surface area contributed by atoms with Gasteiger partial charge in [-0.2, -0.15) is 0 Å². The predicted octanol–water partition coefficient (Wildman–Crippen LogP) is 5.72. The average Bonchev–Trinajstić information content (AvgIpc) is 3.40. The van der Waals surface area contributed by atoms with Crippen LogP contribution in [0.5, 0.6) is 5.88 Å². The fourth-order valence-electron chi connectivity index (χ4n) is 7.60. The van der Waals surface area contributed by atoms with Crippen LogP contribution in [0.15, 0.2) is 54.6 Å². The highest BCUT2D eigenvalue weighted by molar-refractivity contribution is 5.96. The summed E-state index contributed by atoms with van der Waals surface area (Å²) < 4.78 is 12.1. The topological polar surface area (TPSA) is 176 Å². The molecule has 2 unspecified atom stereocenters. The van der Waals surface area contributed by atoms with Gasteiger partial charge in [-0.05, 0) is 70.2 Å². The molecule has 0 radical (unpaired) electrons. The smallest absolute Gasteiger partial charge is 0.408 e. The number of carbonyl (C=O) groups is 4. The molecule has 13 heteroatoms. The van der Waals surface area contributed by atoms with Crippen molar-refractivity contribution in [3.8, 4) is 17.3 Å². The Morgan fingerprint density at radius 2 is 1.65 bits per heavy atom. The highest BCUT2D eigenvalue weighted by Gasteiger charge is 2.62. The van der Waals surface area contributed by atoms with Crippen LogP contribution in [0.4, 0.5) is 4.79 Å². The van der Waals surface area contributed by atoms with Crippen LogP contribution < -0.4 is 15.4 Å². The molecular weight excluding hydrogens is 664 g/mol. The summed E-state index contributed by atoms with van der Waals surface area (Å²) in [7, 11) is 0. The van der Waals surface area contributed by atoms with Crippen molar-refractivity contribution in [3.05, 3.63) is 54.6 Å². The summed E-state index contributed by atoms with van der Waals surface area (Å²) in [6, 6.07) is 15.3. The molecule has 4 heterocycles. The minimum Gasteiger partial charge on any atom is -0.479 e. The van der Waals surface area contributed by atoms with Crippen molar-refractivity contribution in [3.63, 3.8) is 0 Å². The minimum absolute atomic E-state index is 0.00751. The lowest BCUT2D eigenvalue weighted by atomic mass is 10.0. The van der Waals surface area contributed by atoms with Crippen molar-refractivity contribution < 1.29 is 33.8 Å². The first-order valence-corrected chi connectivity index (χ1v) is 18.3. The number of carbonyl (C=O) groups excluding carboxylic acids is 3. The number of amides is 3. The Balaban J connectivity index is 1.22. The molecule has 1 aliphatic carbocycles. The Morgan fingerprint density at radius 1 is 0.962 bits per heavy atom. The number of fused-ring (bicyclic) bond motifs is 4. The molecule has 7 rings (SSSR count). The number of alkyl carbamates (subject to hydrolysis) is 1. The van der Waals surface area contributed by atoms with E-state index >= 15 is 0 Å². The molecule has 2 aliphatic heterocycles. The Labute approximate surface area is 301 Å². The van der Waals surface area contributed by atoms with Crippen LogP contribution in [0.25, 0.3) is 33.3 Å². The number of rotatable bonds is 5. The number of carboxylic acid groups (broad SMARTS) is 1. The van der Waals surface area contributed by atoms with Crippen LogP contribution in [0.1, 0.15) is 78.6 Å². The first-order valence-electron chi connectivity index (χ1n) is 18.3. The number of H-pyrrole nitrogens is 1. The normalized spacial score (nSPS) is 25.7. The van der Waals surface area contributed by atoms with Gasteiger partial charge in [0.1, 0.15) is 35.0 Å². The number of ether oxygens (including phenoxy) is 2. The van der Waals surface area contributed by atoms with Gasteiger partial charge in [0.05, 0.1) is 23.3 Å². The molecule has 1 saturated carbocycles. The van der Waals surface area contributed by atoms with E-state index in [1.807, 2.05) is 54.6 Å². The zero-order chi connectivity index (χ0) is 36.6. The summed E-state index contributed by atoms with van der Waals surface area (Å²) in [5.74, 6) is -2.03. The molecule has 0 spiro atoms.